The molecule has 0 bridgehead atoms. The summed E-state index contributed by atoms with van der Waals surface area (Å²) in [5.74, 6) is 0. The van der Waals surface area contributed by atoms with E-state index in [2.05, 4.69) is 248 Å². The van der Waals surface area contributed by atoms with Crippen molar-refractivity contribution in [3.05, 3.63) is 215 Å². The van der Waals surface area contributed by atoms with Crippen molar-refractivity contribution >= 4 is 66.4 Å². The van der Waals surface area contributed by atoms with Crippen molar-refractivity contribution in [1.82, 2.24) is 0 Å². The summed E-state index contributed by atoms with van der Waals surface area (Å²) in [6, 6.07) is 65.9. The van der Waals surface area contributed by atoms with Crippen LogP contribution in [0.4, 0.5) is 34.1 Å². The number of nitrogens with zero attached hydrogens (tertiary/aromatic N) is 2. The molecule has 0 heterocycles. The average molecular weight is 829 g/mol. The molecule has 0 N–H and O–H groups in total. The van der Waals surface area contributed by atoms with E-state index in [4.69, 9.17) is 0 Å². The fourth-order valence-electron chi connectivity index (χ4n) is 10.1. The Balaban J connectivity index is 1.38. The van der Waals surface area contributed by atoms with Gasteiger partial charge in [0, 0.05) is 27.5 Å². The molecule has 2 nitrogen and oxygen atoms in total. The van der Waals surface area contributed by atoms with E-state index in [9.17, 15) is 0 Å². The second-order valence-electron chi connectivity index (χ2n) is 18.9. The number of aryl methyl sites for hydroxylation is 4. The standard InChI is InChI=1S/C62H56N2/c1-39-20-28-50(29-21-39)63(60-41(3)24-32-52(43(60)5)45-16-12-10-13-17-45)56-38-57(55-35-27-48-37-49(62(7,8)9)36-47-26-34-54(56)59(55)58(47)48)64(51-30-22-40(2)23-31-51)61-42(4)25-33-53(44(61)6)46-18-14-11-15-19-46/h10-38H,1-9H3. The fourth-order valence-corrected chi connectivity index (χ4v) is 10.1. The van der Waals surface area contributed by atoms with Crippen LogP contribution in [0.1, 0.15) is 59.7 Å². The van der Waals surface area contributed by atoms with Crippen molar-refractivity contribution in [2.24, 2.45) is 0 Å². The summed E-state index contributed by atoms with van der Waals surface area (Å²) >= 11 is 0. The number of hydrogen-bond acceptors (Lipinski definition) is 2. The highest BCUT2D eigenvalue weighted by molar-refractivity contribution is 6.29. The maximum absolute atomic E-state index is 2.56. The molecule has 0 atom stereocenters. The van der Waals surface area contributed by atoms with E-state index in [1.165, 1.54) is 105 Å². The monoisotopic (exact) mass is 828 g/mol. The van der Waals surface area contributed by atoms with Crippen molar-refractivity contribution in [2.75, 3.05) is 9.80 Å². The lowest BCUT2D eigenvalue weighted by molar-refractivity contribution is 0.591. The molecule has 314 valence electrons. The van der Waals surface area contributed by atoms with Gasteiger partial charge in [-0.25, -0.2) is 0 Å². The summed E-state index contributed by atoms with van der Waals surface area (Å²) in [4.78, 5) is 5.11. The summed E-state index contributed by atoms with van der Waals surface area (Å²) in [6.07, 6.45) is 0. The number of anilines is 6. The average Bonchev–Trinajstić information content (AvgIpc) is 3.29. The molecule has 64 heavy (non-hydrogen) atoms. The van der Waals surface area contributed by atoms with Crippen molar-refractivity contribution < 1.29 is 0 Å². The van der Waals surface area contributed by atoms with E-state index >= 15 is 0 Å². The minimum absolute atomic E-state index is 0.00288. The minimum atomic E-state index is 0.00288. The fraction of sp³-hybridized carbons (Fsp3) is 0.161. The van der Waals surface area contributed by atoms with E-state index in [1.807, 2.05) is 0 Å². The molecule has 2 heteroatoms. The Morgan fingerprint density at radius 3 is 1.17 bits per heavy atom. The van der Waals surface area contributed by atoms with Crippen LogP contribution in [0.3, 0.4) is 0 Å². The van der Waals surface area contributed by atoms with E-state index in [0.717, 1.165) is 22.7 Å². The van der Waals surface area contributed by atoms with Gasteiger partial charge < -0.3 is 9.80 Å². The second kappa shape index (κ2) is 15.9. The summed E-state index contributed by atoms with van der Waals surface area (Å²) in [7, 11) is 0. The summed E-state index contributed by atoms with van der Waals surface area (Å²) in [5.41, 5.74) is 20.5. The molecule has 0 radical (unpaired) electrons. The molecule has 10 rings (SSSR count). The molecule has 0 spiro atoms. The quantitative estimate of drug-likeness (QED) is 0.141. The Labute approximate surface area is 379 Å². The molecule has 0 aliphatic rings. The first kappa shape index (κ1) is 40.9. The van der Waals surface area contributed by atoms with Crippen LogP contribution < -0.4 is 9.80 Å². The Kier molecular flexibility index (Phi) is 10.1. The lowest BCUT2D eigenvalue weighted by atomic mass is 9.83. The predicted octanol–water partition coefficient (Wildman–Crippen LogP) is 18.0. The molecule has 0 unspecified atom stereocenters. The summed E-state index contributed by atoms with van der Waals surface area (Å²) in [5, 5.41) is 7.56. The zero-order chi connectivity index (χ0) is 44.4. The molecule has 0 aliphatic carbocycles. The van der Waals surface area contributed by atoms with Crippen LogP contribution in [-0.2, 0) is 5.41 Å². The van der Waals surface area contributed by atoms with Gasteiger partial charge in [-0.3, -0.25) is 0 Å². The van der Waals surface area contributed by atoms with Gasteiger partial charge in [-0.1, -0.05) is 177 Å². The smallest absolute Gasteiger partial charge is 0.0561 e. The third kappa shape index (κ3) is 6.99. The molecule has 0 saturated heterocycles. The molecule has 0 aliphatic heterocycles. The number of rotatable bonds is 8. The van der Waals surface area contributed by atoms with E-state index in [-0.39, 0.29) is 5.41 Å². The first-order valence-electron chi connectivity index (χ1n) is 22.7. The lowest BCUT2D eigenvalue weighted by Gasteiger charge is -2.35. The van der Waals surface area contributed by atoms with Gasteiger partial charge in [-0.15, -0.1) is 0 Å². The largest absolute Gasteiger partial charge is 0.309 e. The van der Waals surface area contributed by atoms with Crippen LogP contribution in [0.15, 0.2) is 176 Å². The third-order valence-corrected chi connectivity index (χ3v) is 13.5. The Morgan fingerprint density at radius 1 is 0.375 bits per heavy atom. The molecular weight excluding hydrogens is 773 g/mol. The van der Waals surface area contributed by atoms with Crippen LogP contribution in [0, 0.1) is 41.5 Å². The van der Waals surface area contributed by atoms with E-state index < -0.39 is 0 Å². The zero-order valence-electron chi connectivity index (χ0n) is 38.6. The summed E-state index contributed by atoms with van der Waals surface area (Å²) in [6.45, 7) is 20.4. The normalized spacial score (nSPS) is 11.8. The molecule has 0 saturated carbocycles. The van der Waals surface area contributed by atoms with Crippen molar-refractivity contribution in [1.29, 1.82) is 0 Å². The van der Waals surface area contributed by atoms with Crippen molar-refractivity contribution in [3.8, 4) is 22.3 Å². The Hall–Kier alpha value is -7.16. The van der Waals surface area contributed by atoms with E-state index in [0.29, 0.717) is 0 Å². The van der Waals surface area contributed by atoms with Gasteiger partial charge in [-0.05, 0) is 144 Å². The minimum Gasteiger partial charge on any atom is -0.309 e. The van der Waals surface area contributed by atoms with Crippen LogP contribution in [0.5, 0.6) is 0 Å². The van der Waals surface area contributed by atoms with Crippen molar-refractivity contribution in [3.63, 3.8) is 0 Å². The molecular formula is C62H56N2. The van der Waals surface area contributed by atoms with Crippen LogP contribution in [0.2, 0.25) is 0 Å². The Bertz CT molecular complexity index is 3120. The van der Waals surface area contributed by atoms with Gasteiger partial charge in [0.05, 0.1) is 22.7 Å². The van der Waals surface area contributed by atoms with Gasteiger partial charge in [0.1, 0.15) is 0 Å². The predicted molar refractivity (Wildman–Crippen MR) is 278 cm³/mol. The van der Waals surface area contributed by atoms with Gasteiger partial charge in [0.25, 0.3) is 0 Å². The highest BCUT2D eigenvalue weighted by Gasteiger charge is 2.29. The highest BCUT2D eigenvalue weighted by atomic mass is 15.2. The zero-order valence-corrected chi connectivity index (χ0v) is 38.6. The topological polar surface area (TPSA) is 6.48 Å². The highest BCUT2D eigenvalue weighted by Crippen LogP contribution is 2.53. The lowest BCUT2D eigenvalue weighted by Crippen LogP contribution is -2.17. The first-order valence-corrected chi connectivity index (χ1v) is 22.7. The second-order valence-corrected chi connectivity index (χ2v) is 18.9. The van der Waals surface area contributed by atoms with Gasteiger partial charge in [0.2, 0.25) is 0 Å². The maximum Gasteiger partial charge on any atom is 0.0561 e. The van der Waals surface area contributed by atoms with Crippen LogP contribution >= 0.6 is 0 Å². The first-order chi connectivity index (χ1) is 30.9. The number of benzene rings is 10. The Morgan fingerprint density at radius 2 is 0.781 bits per heavy atom. The molecule has 10 aromatic rings. The van der Waals surface area contributed by atoms with E-state index in [1.54, 1.807) is 0 Å². The van der Waals surface area contributed by atoms with Gasteiger partial charge in [0.15, 0.2) is 0 Å². The third-order valence-electron chi connectivity index (χ3n) is 13.5. The van der Waals surface area contributed by atoms with Crippen molar-refractivity contribution in [2.45, 2.75) is 67.7 Å². The molecule has 0 fully saturated rings. The van der Waals surface area contributed by atoms with Gasteiger partial charge >= 0.3 is 0 Å². The maximum atomic E-state index is 2.56. The molecule has 0 amide bonds. The molecule has 10 aromatic carbocycles. The van der Waals surface area contributed by atoms with Crippen LogP contribution in [0.25, 0.3) is 54.6 Å². The number of hydrogen-bond donors (Lipinski definition) is 0. The molecule has 0 aromatic heterocycles. The SMILES string of the molecule is Cc1ccc(N(c2c(C)ccc(-c3ccccc3)c2C)c2cc(N(c3ccc(C)cc3)c3c(C)ccc(-c4ccccc4)c3C)c3ccc4cc(C(C)(C)C)cc5ccc2c3c54)cc1. The van der Waals surface area contributed by atoms with Gasteiger partial charge in [-0.2, -0.15) is 0 Å². The summed E-state index contributed by atoms with van der Waals surface area (Å²) < 4.78 is 0. The van der Waals surface area contributed by atoms with Crippen LogP contribution in [-0.4, -0.2) is 0 Å².